The minimum Gasteiger partial charge on any atom is -0.381 e. The van der Waals surface area contributed by atoms with Gasteiger partial charge in [-0.05, 0) is 30.0 Å². The van der Waals surface area contributed by atoms with E-state index in [1.165, 1.54) is 12.3 Å². The fourth-order valence-electron chi connectivity index (χ4n) is 2.54. The van der Waals surface area contributed by atoms with Gasteiger partial charge in [-0.15, -0.1) is 0 Å². The van der Waals surface area contributed by atoms with E-state index in [0.29, 0.717) is 42.5 Å². The minimum atomic E-state index is -3.30. The lowest BCUT2D eigenvalue weighted by molar-refractivity contribution is 0.0742. The molecule has 1 fully saturated rings. The summed E-state index contributed by atoms with van der Waals surface area (Å²) >= 11 is 3.22. The highest BCUT2D eigenvalue weighted by Crippen LogP contribution is 2.40. The average Bonchev–Trinajstić information content (AvgIpc) is 2.39. The van der Waals surface area contributed by atoms with E-state index in [-0.39, 0.29) is 5.82 Å². The van der Waals surface area contributed by atoms with Crippen LogP contribution in [-0.4, -0.2) is 27.9 Å². The van der Waals surface area contributed by atoms with Crippen LogP contribution in [0.2, 0.25) is 0 Å². The minimum absolute atomic E-state index is 0.323. The van der Waals surface area contributed by atoms with E-state index in [0.717, 1.165) is 0 Å². The summed E-state index contributed by atoms with van der Waals surface area (Å²) in [7, 11) is -3.30. The molecule has 19 heavy (non-hydrogen) atoms. The van der Waals surface area contributed by atoms with Crippen molar-refractivity contribution >= 4 is 25.8 Å². The number of rotatable bonds is 3. The predicted molar refractivity (Wildman–Crippen MR) is 75.6 cm³/mol. The van der Waals surface area contributed by atoms with Gasteiger partial charge in [-0.1, -0.05) is 28.1 Å². The second-order valence-electron chi connectivity index (χ2n) is 4.82. The van der Waals surface area contributed by atoms with E-state index in [9.17, 15) is 12.8 Å². The summed E-state index contributed by atoms with van der Waals surface area (Å²) < 4.78 is 42.3. The monoisotopic (exact) mass is 350 g/mol. The molecule has 106 valence electrons. The zero-order valence-electron chi connectivity index (χ0n) is 10.7. The second kappa shape index (κ2) is 5.50. The van der Waals surface area contributed by atoms with Crippen LogP contribution in [-0.2, 0) is 24.7 Å². The van der Waals surface area contributed by atoms with Gasteiger partial charge in [-0.3, -0.25) is 0 Å². The summed E-state index contributed by atoms with van der Waals surface area (Å²) in [5, 5.41) is 0.364. The Hall–Kier alpha value is -0.460. The topological polar surface area (TPSA) is 43.4 Å². The first-order chi connectivity index (χ1) is 8.90. The van der Waals surface area contributed by atoms with Crippen molar-refractivity contribution in [3.8, 4) is 0 Å². The molecule has 2 rings (SSSR count). The van der Waals surface area contributed by atoms with Crippen LogP contribution < -0.4 is 0 Å². The maximum atomic E-state index is 13.6. The van der Waals surface area contributed by atoms with Gasteiger partial charge in [0.15, 0.2) is 9.84 Å². The van der Waals surface area contributed by atoms with E-state index in [1.54, 1.807) is 12.1 Å². The summed E-state index contributed by atoms with van der Waals surface area (Å²) in [6.45, 7) is 0.822. The fraction of sp³-hybridized carbons (Fsp3) is 0.538. The van der Waals surface area contributed by atoms with Crippen LogP contribution in [0.1, 0.15) is 24.0 Å². The number of ether oxygens (including phenoxy) is 1. The van der Waals surface area contributed by atoms with Crippen LogP contribution in [0.25, 0.3) is 0 Å². The van der Waals surface area contributed by atoms with E-state index in [4.69, 9.17) is 4.74 Å². The Kier molecular flexibility index (Phi) is 4.32. The van der Waals surface area contributed by atoms with Crippen molar-refractivity contribution in [2.45, 2.75) is 22.9 Å². The molecule has 0 spiro atoms. The average molecular weight is 351 g/mol. The molecule has 1 heterocycles. The van der Waals surface area contributed by atoms with Gasteiger partial charge in [0, 0.05) is 24.8 Å². The van der Waals surface area contributed by atoms with Crippen molar-refractivity contribution in [2.24, 2.45) is 0 Å². The first kappa shape index (κ1) is 14.9. The molecule has 1 saturated heterocycles. The lowest BCUT2D eigenvalue weighted by atomic mass is 9.89. The third-order valence-corrected chi connectivity index (χ3v) is 6.39. The van der Waals surface area contributed by atoms with Crippen LogP contribution in [0.3, 0.4) is 0 Å². The van der Waals surface area contributed by atoms with Crippen LogP contribution in [0.4, 0.5) is 4.39 Å². The molecule has 0 bridgehead atoms. The molecule has 0 amide bonds. The van der Waals surface area contributed by atoms with E-state index < -0.39 is 14.6 Å². The summed E-state index contributed by atoms with van der Waals surface area (Å²) in [4.78, 5) is 0. The SMILES string of the molecule is CS(=O)(=O)C1(c2ccc(F)c(CBr)c2)CCOCC1. The van der Waals surface area contributed by atoms with Gasteiger partial charge in [0.2, 0.25) is 0 Å². The van der Waals surface area contributed by atoms with Crippen molar-refractivity contribution in [3.05, 3.63) is 35.1 Å². The first-order valence-electron chi connectivity index (χ1n) is 6.03. The van der Waals surface area contributed by atoms with Crippen LogP contribution in [0.15, 0.2) is 18.2 Å². The number of sulfone groups is 1. The lowest BCUT2D eigenvalue weighted by Gasteiger charge is -2.36. The Morgan fingerprint density at radius 1 is 1.37 bits per heavy atom. The quantitative estimate of drug-likeness (QED) is 0.787. The van der Waals surface area contributed by atoms with Gasteiger partial charge in [0.25, 0.3) is 0 Å². The Balaban J connectivity index is 2.56. The van der Waals surface area contributed by atoms with Gasteiger partial charge in [0.05, 0.1) is 0 Å². The van der Waals surface area contributed by atoms with E-state index in [1.807, 2.05) is 0 Å². The van der Waals surface area contributed by atoms with Gasteiger partial charge in [-0.2, -0.15) is 0 Å². The smallest absolute Gasteiger partial charge is 0.157 e. The number of hydrogen-bond acceptors (Lipinski definition) is 3. The summed E-state index contributed by atoms with van der Waals surface area (Å²) in [6.07, 6.45) is 2.08. The van der Waals surface area contributed by atoms with Crippen LogP contribution in [0.5, 0.6) is 0 Å². The largest absolute Gasteiger partial charge is 0.381 e. The summed E-state index contributed by atoms with van der Waals surface area (Å²) in [6, 6.07) is 4.57. The summed E-state index contributed by atoms with van der Waals surface area (Å²) in [5.74, 6) is -0.323. The second-order valence-corrected chi connectivity index (χ2v) is 7.71. The maximum absolute atomic E-state index is 13.6. The Morgan fingerprint density at radius 3 is 2.53 bits per heavy atom. The molecule has 0 N–H and O–H groups in total. The van der Waals surface area contributed by atoms with E-state index in [2.05, 4.69) is 15.9 Å². The predicted octanol–water partition coefficient (Wildman–Crippen LogP) is 2.77. The molecule has 3 nitrogen and oxygen atoms in total. The van der Waals surface area contributed by atoms with Crippen LogP contribution >= 0.6 is 15.9 Å². The summed E-state index contributed by atoms with van der Waals surface area (Å²) in [5.41, 5.74) is 1.14. The van der Waals surface area contributed by atoms with E-state index >= 15 is 0 Å². The maximum Gasteiger partial charge on any atom is 0.157 e. The standard InChI is InChI=1S/C13H16BrFO3S/c1-19(16,17)13(4-6-18-7-5-13)11-2-3-12(15)10(8-11)9-14/h2-3,8H,4-7,9H2,1H3. The fourth-order valence-corrected chi connectivity index (χ4v) is 4.43. The molecular formula is C13H16BrFO3S. The van der Waals surface area contributed by atoms with Gasteiger partial charge >= 0.3 is 0 Å². The Labute approximate surface area is 121 Å². The molecule has 0 aromatic heterocycles. The highest BCUT2D eigenvalue weighted by molar-refractivity contribution is 9.08. The third-order valence-electron chi connectivity index (χ3n) is 3.73. The molecule has 1 aromatic carbocycles. The molecule has 0 saturated carbocycles. The molecule has 1 aromatic rings. The van der Waals surface area contributed by atoms with Crippen molar-refractivity contribution < 1.29 is 17.5 Å². The van der Waals surface area contributed by atoms with Crippen LogP contribution in [0, 0.1) is 5.82 Å². The zero-order chi connectivity index (χ0) is 14.1. The molecule has 0 atom stereocenters. The third kappa shape index (κ3) is 2.71. The molecule has 6 heteroatoms. The first-order valence-corrected chi connectivity index (χ1v) is 9.04. The number of alkyl halides is 1. The van der Waals surface area contributed by atoms with Gasteiger partial charge in [0.1, 0.15) is 10.6 Å². The number of benzene rings is 1. The highest BCUT2D eigenvalue weighted by Gasteiger charge is 2.44. The number of halogens is 2. The Morgan fingerprint density at radius 2 is 2.00 bits per heavy atom. The molecule has 1 aliphatic heterocycles. The zero-order valence-corrected chi connectivity index (χ0v) is 13.1. The molecule has 0 aliphatic carbocycles. The van der Waals surface area contributed by atoms with Crippen molar-refractivity contribution in [1.29, 1.82) is 0 Å². The van der Waals surface area contributed by atoms with Crippen molar-refractivity contribution in [2.75, 3.05) is 19.5 Å². The molecular weight excluding hydrogens is 335 g/mol. The van der Waals surface area contributed by atoms with Gasteiger partial charge in [-0.25, -0.2) is 12.8 Å². The Bertz CT molecular complexity index is 565. The molecule has 0 radical (unpaired) electrons. The van der Waals surface area contributed by atoms with Crippen molar-refractivity contribution in [1.82, 2.24) is 0 Å². The molecule has 1 aliphatic rings. The normalized spacial score (nSPS) is 19.3. The van der Waals surface area contributed by atoms with Gasteiger partial charge < -0.3 is 4.74 Å². The number of hydrogen-bond donors (Lipinski definition) is 0. The lowest BCUT2D eigenvalue weighted by Crippen LogP contribution is -2.40. The molecule has 0 unspecified atom stereocenters. The highest BCUT2D eigenvalue weighted by atomic mass is 79.9. The van der Waals surface area contributed by atoms with Crippen molar-refractivity contribution in [3.63, 3.8) is 0 Å².